The third kappa shape index (κ3) is 50.4. The molecular weight excluding hydrogens is 793 g/mol. The molecule has 1 unspecified atom stereocenters. The second-order valence-corrected chi connectivity index (χ2v) is 18.5. The molecule has 0 N–H and O–H groups in total. The number of allylic oxidation sites excluding steroid dienone is 8. The van der Waals surface area contributed by atoms with Crippen LogP contribution in [-0.4, -0.2) is 37.2 Å². The molecule has 1 atom stereocenters. The SMILES string of the molecule is CC/C=C\C/C=C\C/C=C\C/C=C\CCCCCCCCCCCCCCCCCCCCC(=O)OCC(COC(=O)CCCCCCCC)OC(=O)CCCCCCCCCCC. The van der Waals surface area contributed by atoms with Gasteiger partial charge in [-0.1, -0.05) is 256 Å². The molecule has 0 aromatic rings. The first-order valence-corrected chi connectivity index (χ1v) is 27.6. The highest BCUT2D eigenvalue weighted by Crippen LogP contribution is 2.16. The summed E-state index contributed by atoms with van der Waals surface area (Å²) in [5.74, 6) is -0.871. The zero-order valence-corrected chi connectivity index (χ0v) is 42.6. The van der Waals surface area contributed by atoms with Gasteiger partial charge in [-0.2, -0.15) is 0 Å². The number of unbranched alkanes of at least 4 members (excludes halogenated alkanes) is 31. The Morgan fingerprint density at radius 2 is 0.609 bits per heavy atom. The molecule has 0 rings (SSSR count). The molecule has 0 aromatic heterocycles. The smallest absolute Gasteiger partial charge is 0.306 e. The number of carbonyl (C=O) groups is 3. The molecule has 0 aliphatic rings. The van der Waals surface area contributed by atoms with Crippen LogP contribution in [0, 0.1) is 0 Å². The summed E-state index contributed by atoms with van der Waals surface area (Å²) in [6, 6.07) is 0. The van der Waals surface area contributed by atoms with Gasteiger partial charge in [0.2, 0.25) is 0 Å². The van der Waals surface area contributed by atoms with E-state index in [0.29, 0.717) is 19.3 Å². The van der Waals surface area contributed by atoms with Crippen LogP contribution in [0.25, 0.3) is 0 Å². The Bertz CT molecular complexity index is 1120. The molecule has 0 spiro atoms. The molecule has 372 valence electrons. The highest BCUT2D eigenvalue weighted by atomic mass is 16.6. The van der Waals surface area contributed by atoms with Gasteiger partial charge in [0.05, 0.1) is 0 Å². The van der Waals surface area contributed by atoms with Crippen LogP contribution in [0.4, 0.5) is 0 Å². The molecule has 0 aliphatic heterocycles. The molecule has 0 radical (unpaired) electrons. The maximum atomic E-state index is 12.7. The summed E-state index contributed by atoms with van der Waals surface area (Å²) in [4.78, 5) is 37.6. The van der Waals surface area contributed by atoms with Crippen LogP contribution in [0.2, 0.25) is 0 Å². The van der Waals surface area contributed by atoms with Gasteiger partial charge in [0, 0.05) is 19.3 Å². The van der Waals surface area contributed by atoms with E-state index < -0.39 is 6.10 Å². The number of hydrogen-bond acceptors (Lipinski definition) is 6. The lowest BCUT2D eigenvalue weighted by atomic mass is 10.0. The summed E-state index contributed by atoms with van der Waals surface area (Å²) in [5, 5.41) is 0. The molecular formula is C58H104O6. The molecule has 0 fully saturated rings. The van der Waals surface area contributed by atoms with Gasteiger partial charge in [0.15, 0.2) is 6.10 Å². The second-order valence-electron chi connectivity index (χ2n) is 18.5. The maximum Gasteiger partial charge on any atom is 0.306 e. The van der Waals surface area contributed by atoms with E-state index in [4.69, 9.17) is 14.2 Å². The zero-order chi connectivity index (χ0) is 46.5. The summed E-state index contributed by atoms with van der Waals surface area (Å²) >= 11 is 0. The van der Waals surface area contributed by atoms with Crippen molar-refractivity contribution in [2.24, 2.45) is 0 Å². The van der Waals surface area contributed by atoms with Crippen LogP contribution in [0.15, 0.2) is 48.6 Å². The van der Waals surface area contributed by atoms with Gasteiger partial charge < -0.3 is 14.2 Å². The van der Waals surface area contributed by atoms with Gasteiger partial charge >= 0.3 is 17.9 Å². The zero-order valence-electron chi connectivity index (χ0n) is 42.6. The number of rotatable bonds is 50. The molecule has 0 aromatic carbocycles. The lowest BCUT2D eigenvalue weighted by Gasteiger charge is -2.18. The van der Waals surface area contributed by atoms with Gasteiger partial charge in [0.1, 0.15) is 13.2 Å². The Balaban J connectivity index is 3.89. The van der Waals surface area contributed by atoms with Gasteiger partial charge in [-0.3, -0.25) is 14.4 Å². The van der Waals surface area contributed by atoms with E-state index in [1.807, 2.05) is 0 Å². The third-order valence-electron chi connectivity index (χ3n) is 12.1. The number of hydrogen-bond donors (Lipinski definition) is 0. The molecule has 6 heteroatoms. The lowest BCUT2D eigenvalue weighted by Crippen LogP contribution is -2.30. The Morgan fingerprint density at radius 1 is 0.328 bits per heavy atom. The van der Waals surface area contributed by atoms with Crippen molar-refractivity contribution >= 4 is 17.9 Å². The van der Waals surface area contributed by atoms with Crippen LogP contribution in [-0.2, 0) is 28.6 Å². The summed E-state index contributed by atoms with van der Waals surface area (Å²) in [5.41, 5.74) is 0. The number of carbonyl (C=O) groups excluding carboxylic acids is 3. The van der Waals surface area contributed by atoms with E-state index >= 15 is 0 Å². The molecule has 64 heavy (non-hydrogen) atoms. The van der Waals surface area contributed by atoms with Gasteiger partial charge in [-0.15, -0.1) is 0 Å². The van der Waals surface area contributed by atoms with Crippen LogP contribution < -0.4 is 0 Å². The molecule has 0 saturated heterocycles. The minimum absolute atomic E-state index is 0.0682. The van der Waals surface area contributed by atoms with Crippen LogP contribution >= 0.6 is 0 Å². The number of esters is 3. The first kappa shape index (κ1) is 61.4. The van der Waals surface area contributed by atoms with Crippen molar-refractivity contribution in [3.8, 4) is 0 Å². The van der Waals surface area contributed by atoms with Gasteiger partial charge in [-0.05, 0) is 57.8 Å². The minimum Gasteiger partial charge on any atom is -0.462 e. The lowest BCUT2D eigenvalue weighted by molar-refractivity contribution is -0.167. The standard InChI is InChI=1S/C58H104O6/c1-4-7-10-13-16-18-19-20-21-22-23-24-25-26-27-28-29-30-31-32-33-34-35-36-37-38-39-41-42-45-48-51-57(60)63-54-55(53-62-56(59)50-47-44-15-12-9-6-3)64-58(61)52-49-46-43-40-17-14-11-8-5-2/h7,10,16,18,20-21,23-24,55H,4-6,8-9,11-15,17,19,22,25-54H2,1-3H3/b10-7-,18-16-,21-20-,24-23-. The second kappa shape index (κ2) is 53.0. The van der Waals surface area contributed by atoms with E-state index in [-0.39, 0.29) is 31.1 Å². The van der Waals surface area contributed by atoms with Crippen molar-refractivity contribution in [1.29, 1.82) is 0 Å². The summed E-state index contributed by atoms with van der Waals surface area (Å²) in [6.45, 7) is 6.46. The Hall–Kier alpha value is -2.63. The maximum absolute atomic E-state index is 12.7. The minimum atomic E-state index is -0.762. The van der Waals surface area contributed by atoms with Crippen molar-refractivity contribution in [3.63, 3.8) is 0 Å². The van der Waals surface area contributed by atoms with Crippen molar-refractivity contribution in [2.75, 3.05) is 13.2 Å². The van der Waals surface area contributed by atoms with Crippen molar-refractivity contribution < 1.29 is 28.6 Å². The van der Waals surface area contributed by atoms with Crippen LogP contribution in [0.3, 0.4) is 0 Å². The first-order chi connectivity index (χ1) is 31.5. The highest BCUT2D eigenvalue weighted by Gasteiger charge is 2.19. The average Bonchev–Trinajstić information content (AvgIpc) is 3.29. The normalized spacial score (nSPS) is 12.4. The van der Waals surface area contributed by atoms with Gasteiger partial charge in [0.25, 0.3) is 0 Å². The predicted octanol–water partition coefficient (Wildman–Crippen LogP) is 18.3. The molecule has 0 aliphatic carbocycles. The first-order valence-electron chi connectivity index (χ1n) is 27.6. The Morgan fingerprint density at radius 3 is 0.953 bits per heavy atom. The molecule has 0 bridgehead atoms. The monoisotopic (exact) mass is 897 g/mol. The summed E-state index contributed by atoms with van der Waals surface area (Å²) < 4.78 is 16.7. The molecule has 0 saturated carbocycles. The van der Waals surface area contributed by atoms with Crippen LogP contribution in [0.1, 0.15) is 284 Å². The Labute approximate surface area is 397 Å². The molecule has 6 nitrogen and oxygen atoms in total. The van der Waals surface area contributed by atoms with E-state index in [1.54, 1.807) is 0 Å². The fourth-order valence-electron chi connectivity index (χ4n) is 7.96. The highest BCUT2D eigenvalue weighted by molar-refractivity contribution is 5.71. The third-order valence-corrected chi connectivity index (χ3v) is 12.1. The average molecular weight is 897 g/mol. The van der Waals surface area contributed by atoms with Crippen LogP contribution in [0.5, 0.6) is 0 Å². The molecule has 0 amide bonds. The number of ether oxygens (including phenoxy) is 3. The Kier molecular flexibility index (Phi) is 50.8. The quantitative estimate of drug-likeness (QED) is 0.0262. The van der Waals surface area contributed by atoms with E-state index in [0.717, 1.165) is 83.5 Å². The van der Waals surface area contributed by atoms with Crippen molar-refractivity contribution in [1.82, 2.24) is 0 Å². The summed E-state index contributed by atoms with van der Waals surface area (Å²) in [6.07, 6.45) is 64.5. The van der Waals surface area contributed by atoms with Crippen molar-refractivity contribution in [3.05, 3.63) is 48.6 Å². The molecule has 0 heterocycles. The van der Waals surface area contributed by atoms with Gasteiger partial charge in [-0.25, -0.2) is 0 Å². The van der Waals surface area contributed by atoms with E-state index in [2.05, 4.69) is 69.4 Å². The van der Waals surface area contributed by atoms with E-state index in [1.165, 1.54) is 161 Å². The topological polar surface area (TPSA) is 78.9 Å². The largest absolute Gasteiger partial charge is 0.462 e. The summed E-state index contributed by atoms with van der Waals surface area (Å²) in [7, 11) is 0. The fourth-order valence-corrected chi connectivity index (χ4v) is 7.96. The predicted molar refractivity (Wildman–Crippen MR) is 275 cm³/mol. The fraction of sp³-hybridized carbons (Fsp3) is 0.810. The van der Waals surface area contributed by atoms with E-state index in [9.17, 15) is 14.4 Å². The van der Waals surface area contributed by atoms with Crippen molar-refractivity contribution in [2.45, 2.75) is 290 Å².